The van der Waals surface area contributed by atoms with Crippen molar-refractivity contribution < 1.29 is 0 Å². The minimum absolute atomic E-state index is 0.223. The van der Waals surface area contributed by atoms with Gasteiger partial charge in [0.1, 0.15) is 0 Å². The van der Waals surface area contributed by atoms with Gasteiger partial charge >= 0.3 is 0 Å². The number of allylic oxidation sites excluding steroid dienone is 4. The predicted molar refractivity (Wildman–Crippen MR) is 272 cm³/mol. The van der Waals surface area contributed by atoms with Crippen molar-refractivity contribution >= 4 is 26.5 Å². The van der Waals surface area contributed by atoms with Crippen LogP contribution in [0.5, 0.6) is 0 Å². The van der Waals surface area contributed by atoms with Crippen LogP contribution in [-0.2, 0) is 10.8 Å². The molecule has 0 bridgehead atoms. The van der Waals surface area contributed by atoms with Crippen molar-refractivity contribution in [2.75, 3.05) is 13.1 Å². The lowest BCUT2D eigenvalue weighted by atomic mass is 9.66. The average molecular weight is 846 g/mol. The van der Waals surface area contributed by atoms with E-state index in [0.717, 1.165) is 38.8 Å². The molecule has 2 aliphatic rings. The zero-order valence-electron chi connectivity index (χ0n) is 40.9. The fraction of sp³-hybridized carbons (Fsp3) is 0.607. The highest BCUT2D eigenvalue weighted by molar-refractivity contribution is 6.95. The van der Waals surface area contributed by atoms with E-state index in [0.29, 0.717) is 27.7 Å². The van der Waals surface area contributed by atoms with E-state index in [2.05, 4.69) is 185 Å². The maximum Gasteiger partial charge on any atom is 0.0942 e. The van der Waals surface area contributed by atoms with Gasteiger partial charge in [0.15, 0.2) is 0 Å². The first-order valence-electron chi connectivity index (χ1n) is 24.9. The molecule has 0 radical (unpaired) electrons. The molecular formula is C56H88N2Si2. The molecule has 60 heavy (non-hydrogen) atoms. The SMILES string of the molecule is CCCCCC(/C=C1\CCCN1)(c1ccc([Si](C)(C(C)C)C(C)C)cc1)c1cccc(C(/C=C2\CCCN2)(CCCCC)c2ccc([Si](C(C)C)(C(C)C)C(C)C)cc2)c1. The molecule has 5 rings (SSSR count). The first-order chi connectivity index (χ1) is 28.6. The standard InChI is InChI=1S/C56H88N2Si2/c1-14-16-18-35-55(40-51-25-21-37-57-51,47-27-31-53(32-28-47)59(13,42(3)4)43(5)6)49-23-20-24-50(39-49)56(36-19-17-15-2,41-52-26-22-38-58-52)48-29-33-54(34-30-48)60(44(7)8,45(9)10)46(11)12/h20,23-24,27-34,39-46,57-58H,14-19,21-22,25-26,35-38H2,1-13H3/b51-40+,52-41+. The van der Waals surface area contributed by atoms with Crippen LogP contribution in [0.15, 0.2) is 96.3 Å². The number of benzene rings is 3. The molecule has 330 valence electrons. The third kappa shape index (κ3) is 9.70. The molecule has 0 aliphatic carbocycles. The predicted octanol–water partition coefficient (Wildman–Crippen LogP) is 14.9. The molecule has 2 atom stereocenters. The molecule has 0 aromatic heterocycles. The van der Waals surface area contributed by atoms with E-state index >= 15 is 0 Å². The van der Waals surface area contributed by atoms with Crippen molar-refractivity contribution in [3.63, 3.8) is 0 Å². The van der Waals surface area contributed by atoms with Gasteiger partial charge in [-0.1, -0.05) is 223 Å². The average Bonchev–Trinajstić information content (AvgIpc) is 3.95. The molecule has 2 N–H and O–H groups in total. The van der Waals surface area contributed by atoms with Gasteiger partial charge in [-0.15, -0.1) is 0 Å². The van der Waals surface area contributed by atoms with Crippen LogP contribution in [0.25, 0.3) is 0 Å². The van der Waals surface area contributed by atoms with Crippen LogP contribution in [-0.4, -0.2) is 29.2 Å². The van der Waals surface area contributed by atoms with Gasteiger partial charge < -0.3 is 10.6 Å². The third-order valence-corrected chi connectivity index (χ3v) is 29.7. The first-order valence-corrected chi connectivity index (χ1v) is 29.8. The highest BCUT2D eigenvalue weighted by Gasteiger charge is 2.45. The lowest BCUT2D eigenvalue weighted by Crippen LogP contribution is -2.55. The fourth-order valence-electron chi connectivity index (χ4n) is 12.4. The molecular weight excluding hydrogens is 757 g/mol. The number of hydrogen-bond donors (Lipinski definition) is 2. The second-order valence-corrected chi connectivity index (χ2v) is 32.3. The van der Waals surface area contributed by atoms with Crippen LogP contribution in [0.2, 0.25) is 34.3 Å². The van der Waals surface area contributed by atoms with Gasteiger partial charge in [0, 0.05) is 35.3 Å². The highest BCUT2D eigenvalue weighted by atomic mass is 28.3. The van der Waals surface area contributed by atoms with Crippen molar-refractivity contribution in [3.8, 4) is 0 Å². The molecule has 2 aliphatic heterocycles. The largest absolute Gasteiger partial charge is 0.389 e. The molecule has 0 saturated carbocycles. The zero-order chi connectivity index (χ0) is 43.7. The second kappa shape index (κ2) is 21.0. The Hall–Kier alpha value is -2.83. The van der Waals surface area contributed by atoms with Gasteiger partial charge in [-0.05, 0) is 88.5 Å². The van der Waals surface area contributed by atoms with Gasteiger partial charge in [0.2, 0.25) is 0 Å². The van der Waals surface area contributed by atoms with Gasteiger partial charge in [-0.3, -0.25) is 0 Å². The Balaban J connectivity index is 1.79. The van der Waals surface area contributed by atoms with Crippen molar-refractivity contribution in [3.05, 3.63) is 119 Å². The lowest BCUT2D eigenvalue weighted by molar-refractivity contribution is 0.512. The van der Waals surface area contributed by atoms with E-state index in [1.807, 2.05) is 0 Å². The molecule has 0 amide bonds. The normalized spacial score (nSPS) is 18.6. The van der Waals surface area contributed by atoms with Gasteiger partial charge in [-0.25, -0.2) is 0 Å². The molecule has 2 fully saturated rings. The summed E-state index contributed by atoms with van der Waals surface area (Å²) < 4.78 is 0. The van der Waals surface area contributed by atoms with Gasteiger partial charge in [0.05, 0.1) is 16.1 Å². The highest BCUT2D eigenvalue weighted by Crippen LogP contribution is 2.47. The summed E-state index contributed by atoms with van der Waals surface area (Å²) in [5.74, 6) is 0. The van der Waals surface area contributed by atoms with E-state index in [1.54, 1.807) is 10.4 Å². The molecule has 2 nitrogen and oxygen atoms in total. The Bertz CT molecular complexity index is 1800. The van der Waals surface area contributed by atoms with Crippen LogP contribution in [0.4, 0.5) is 0 Å². The van der Waals surface area contributed by atoms with E-state index < -0.39 is 16.1 Å². The Morgan fingerprint density at radius 1 is 0.517 bits per heavy atom. The van der Waals surface area contributed by atoms with Crippen molar-refractivity contribution in [2.45, 2.75) is 205 Å². The number of hydrogen-bond acceptors (Lipinski definition) is 2. The van der Waals surface area contributed by atoms with Crippen molar-refractivity contribution in [1.82, 2.24) is 10.6 Å². The Morgan fingerprint density at radius 3 is 1.25 bits per heavy atom. The summed E-state index contributed by atoms with van der Waals surface area (Å²) >= 11 is 0. The molecule has 2 heterocycles. The van der Waals surface area contributed by atoms with E-state index in [-0.39, 0.29) is 10.8 Å². The Labute approximate surface area is 372 Å². The molecule has 0 spiro atoms. The minimum atomic E-state index is -1.80. The smallest absolute Gasteiger partial charge is 0.0942 e. The molecule has 4 heteroatoms. The summed E-state index contributed by atoms with van der Waals surface area (Å²) in [7, 11) is -3.49. The lowest BCUT2D eigenvalue weighted by Gasteiger charge is -2.44. The van der Waals surface area contributed by atoms with Crippen LogP contribution in [0.3, 0.4) is 0 Å². The second-order valence-electron chi connectivity index (χ2n) is 21.0. The summed E-state index contributed by atoms with van der Waals surface area (Å²) in [6.45, 7) is 34.4. The van der Waals surface area contributed by atoms with Crippen molar-refractivity contribution in [2.24, 2.45) is 0 Å². The molecule has 3 aromatic rings. The summed E-state index contributed by atoms with van der Waals surface area (Å²) in [6.07, 6.45) is 19.7. The maximum atomic E-state index is 3.86. The Morgan fingerprint density at radius 2 is 0.917 bits per heavy atom. The van der Waals surface area contributed by atoms with E-state index in [9.17, 15) is 0 Å². The summed E-state index contributed by atoms with van der Waals surface area (Å²) in [5.41, 5.74) is 11.7. The zero-order valence-corrected chi connectivity index (χ0v) is 42.9. The minimum Gasteiger partial charge on any atom is -0.389 e. The van der Waals surface area contributed by atoms with Gasteiger partial charge in [0.25, 0.3) is 0 Å². The maximum absolute atomic E-state index is 3.86. The number of nitrogens with one attached hydrogen (secondary N) is 2. The van der Waals surface area contributed by atoms with Crippen LogP contribution >= 0.6 is 0 Å². The number of unbranched alkanes of at least 4 members (excludes halogenated alkanes) is 4. The quantitative estimate of drug-likeness (QED) is 0.0824. The molecule has 3 aromatic carbocycles. The first kappa shape index (κ1) is 48.2. The number of rotatable bonds is 21. The monoisotopic (exact) mass is 845 g/mol. The summed E-state index contributed by atoms with van der Waals surface area (Å²) in [5, 5.41) is 11.0. The Kier molecular flexibility index (Phi) is 16.9. The van der Waals surface area contributed by atoms with Gasteiger partial charge in [-0.2, -0.15) is 0 Å². The third-order valence-electron chi connectivity index (χ3n) is 16.2. The van der Waals surface area contributed by atoms with Crippen molar-refractivity contribution in [1.29, 1.82) is 0 Å². The van der Waals surface area contributed by atoms with E-state index in [4.69, 9.17) is 0 Å². The topological polar surface area (TPSA) is 24.1 Å². The molecule has 2 saturated heterocycles. The van der Waals surface area contributed by atoms with Crippen LogP contribution in [0, 0.1) is 0 Å². The summed E-state index contributed by atoms with van der Waals surface area (Å²) in [6, 6.07) is 30.7. The summed E-state index contributed by atoms with van der Waals surface area (Å²) in [4.78, 5) is 0. The fourth-order valence-corrected chi connectivity index (χ4v) is 22.7. The van der Waals surface area contributed by atoms with Crippen LogP contribution in [0.1, 0.15) is 182 Å². The van der Waals surface area contributed by atoms with Crippen LogP contribution < -0.4 is 21.0 Å². The van der Waals surface area contributed by atoms with E-state index in [1.165, 1.54) is 85.0 Å². The molecule has 2 unspecified atom stereocenters.